The van der Waals surface area contributed by atoms with Gasteiger partial charge in [0, 0.05) is 26.7 Å². The van der Waals surface area contributed by atoms with E-state index in [-0.39, 0.29) is 37.4 Å². The molecule has 2 N–H and O–H groups in total. The molecular weight excluding hydrogens is 417 g/mol. The zero-order valence-electron chi connectivity index (χ0n) is 15.7. The molecule has 0 spiro atoms. The Kier molecular flexibility index (Phi) is 7.14. The van der Waals surface area contributed by atoms with E-state index in [0.717, 1.165) is 9.21 Å². The Morgan fingerprint density at radius 3 is 2.31 bits per heavy atom. The van der Waals surface area contributed by atoms with E-state index in [4.69, 9.17) is 5.11 Å². The molecule has 0 radical (unpaired) electrons. The van der Waals surface area contributed by atoms with Crippen molar-refractivity contribution in [2.45, 2.75) is 35.6 Å². The molecule has 1 aliphatic rings. The minimum Gasteiger partial charge on any atom is -0.434 e. The van der Waals surface area contributed by atoms with Gasteiger partial charge in [0.25, 0.3) is 0 Å². The number of aliphatic hydroxyl groups is 2. The number of amides is 1. The van der Waals surface area contributed by atoms with Gasteiger partial charge in [-0.2, -0.15) is 17.5 Å². The topological polar surface area (TPSA) is 107 Å². The Hall–Kier alpha value is -1.89. The van der Waals surface area contributed by atoms with Crippen LogP contribution in [0.5, 0.6) is 0 Å². The molecule has 0 unspecified atom stereocenters. The minimum absolute atomic E-state index is 0.0490. The van der Waals surface area contributed by atoms with Gasteiger partial charge in [-0.05, 0) is 25.0 Å². The number of aliphatic hydroxyl groups excluding tert-OH is 1. The van der Waals surface area contributed by atoms with Gasteiger partial charge in [-0.1, -0.05) is 18.2 Å². The van der Waals surface area contributed by atoms with E-state index < -0.39 is 40.6 Å². The average molecular weight is 440 g/mol. The number of sulfonamides is 1. The summed E-state index contributed by atoms with van der Waals surface area (Å²) in [6, 6.07) is 7.65. The number of benzene rings is 1. The minimum atomic E-state index is -4.89. The van der Waals surface area contributed by atoms with Crippen LogP contribution in [-0.2, 0) is 14.8 Å². The third-order valence-corrected chi connectivity index (χ3v) is 6.51. The second kappa shape index (κ2) is 8.86. The molecule has 0 bridgehead atoms. The summed E-state index contributed by atoms with van der Waals surface area (Å²) in [7, 11) is -2.51. The normalized spacial score (nSPS) is 18.5. The molecule has 0 aromatic heterocycles. The first kappa shape index (κ1) is 23.4. The fraction of sp³-hybridized carbons (Fsp3) is 0.588. The molecule has 1 aromatic rings. The summed E-state index contributed by atoms with van der Waals surface area (Å²) in [4.78, 5) is 12.9. The second-order valence-electron chi connectivity index (χ2n) is 6.88. The Morgan fingerprint density at radius 1 is 1.28 bits per heavy atom. The van der Waals surface area contributed by atoms with E-state index in [1.807, 2.05) is 0 Å². The molecule has 0 saturated carbocycles. The number of ether oxygens (including phenoxy) is 1. The van der Waals surface area contributed by atoms with Gasteiger partial charge in [0.15, 0.2) is 0 Å². The van der Waals surface area contributed by atoms with Crippen LogP contribution in [0.3, 0.4) is 0 Å². The van der Waals surface area contributed by atoms with E-state index in [2.05, 4.69) is 4.74 Å². The number of halogens is 3. The first-order valence-corrected chi connectivity index (χ1v) is 10.2. The molecule has 1 atom stereocenters. The highest BCUT2D eigenvalue weighted by atomic mass is 32.2. The predicted molar refractivity (Wildman–Crippen MR) is 95.4 cm³/mol. The van der Waals surface area contributed by atoms with Crippen molar-refractivity contribution in [2.75, 3.05) is 33.3 Å². The van der Waals surface area contributed by atoms with Crippen molar-refractivity contribution in [2.24, 2.45) is 0 Å². The number of hydrogen-bond donors (Lipinski definition) is 2. The number of alkyl halides is 3. The SMILES string of the molecule is CN(CC1(O)CCN(C(=O)O[C@H](CO)C(F)(F)F)CC1)S(=O)(=O)c1ccccc1. The summed E-state index contributed by atoms with van der Waals surface area (Å²) in [5, 5.41) is 19.4. The van der Waals surface area contributed by atoms with Gasteiger partial charge in [-0.3, -0.25) is 0 Å². The van der Waals surface area contributed by atoms with Crippen molar-refractivity contribution in [3.63, 3.8) is 0 Å². The smallest absolute Gasteiger partial charge is 0.427 e. The van der Waals surface area contributed by atoms with Crippen LogP contribution in [0.25, 0.3) is 0 Å². The molecule has 29 heavy (non-hydrogen) atoms. The number of nitrogens with zero attached hydrogens (tertiary/aromatic N) is 2. The van der Waals surface area contributed by atoms with Crippen molar-refractivity contribution < 1.29 is 41.3 Å². The largest absolute Gasteiger partial charge is 0.434 e. The summed E-state index contributed by atoms with van der Waals surface area (Å²) in [6.07, 6.45) is -8.87. The van der Waals surface area contributed by atoms with Gasteiger partial charge in [0.2, 0.25) is 16.1 Å². The van der Waals surface area contributed by atoms with Crippen molar-refractivity contribution in [3.05, 3.63) is 30.3 Å². The Balaban J connectivity index is 1.96. The third kappa shape index (κ3) is 5.81. The fourth-order valence-electron chi connectivity index (χ4n) is 2.94. The monoisotopic (exact) mass is 440 g/mol. The maximum absolute atomic E-state index is 12.6. The number of likely N-dealkylation sites (tertiary alicyclic amines) is 1. The van der Waals surface area contributed by atoms with E-state index in [1.54, 1.807) is 18.2 Å². The van der Waals surface area contributed by atoms with Crippen LogP contribution >= 0.6 is 0 Å². The highest BCUT2D eigenvalue weighted by molar-refractivity contribution is 7.89. The van der Waals surface area contributed by atoms with Gasteiger partial charge in [-0.15, -0.1) is 0 Å². The summed E-state index contributed by atoms with van der Waals surface area (Å²) >= 11 is 0. The van der Waals surface area contributed by atoms with Crippen molar-refractivity contribution in [3.8, 4) is 0 Å². The molecular formula is C17H23F3N2O6S. The van der Waals surface area contributed by atoms with Gasteiger partial charge < -0.3 is 19.8 Å². The average Bonchev–Trinajstić information content (AvgIpc) is 2.65. The van der Waals surface area contributed by atoms with Gasteiger partial charge in [0.1, 0.15) is 0 Å². The van der Waals surface area contributed by atoms with Gasteiger partial charge >= 0.3 is 12.3 Å². The van der Waals surface area contributed by atoms with Crippen LogP contribution < -0.4 is 0 Å². The summed E-state index contributed by atoms with van der Waals surface area (Å²) in [6.45, 7) is -1.88. The quantitative estimate of drug-likeness (QED) is 0.688. The molecule has 1 saturated heterocycles. The first-order chi connectivity index (χ1) is 13.4. The highest BCUT2D eigenvalue weighted by Gasteiger charge is 2.44. The van der Waals surface area contributed by atoms with Crippen LogP contribution in [0.4, 0.5) is 18.0 Å². The van der Waals surface area contributed by atoms with Crippen molar-refractivity contribution >= 4 is 16.1 Å². The predicted octanol–water partition coefficient (Wildman–Crippen LogP) is 1.19. The summed E-state index contributed by atoms with van der Waals surface area (Å²) < 4.78 is 68.3. The molecule has 1 aliphatic heterocycles. The molecule has 1 amide bonds. The molecule has 164 valence electrons. The lowest BCUT2D eigenvalue weighted by Gasteiger charge is -2.39. The van der Waals surface area contributed by atoms with E-state index in [0.29, 0.717) is 0 Å². The lowest BCUT2D eigenvalue weighted by molar-refractivity contribution is -0.215. The number of rotatable bonds is 6. The number of carbonyl (C=O) groups excluding carboxylic acids is 1. The summed E-state index contributed by atoms with van der Waals surface area (Å²) in [5.41, 5.74) is -1.45. The fourth-order valence-corrected chi connectivity index (χ4v) is 4.21. The van der Waals surface area contributed by atoms with Gasteiger partial charge in [-0.25, -0.2) is 13.2 Å². The standard InChI is InChI=1S/C17H23F3N2O6S/c1-21(29(26,27)13-5-3-2-4-6-13)12-16(25)7-9-22(10-8-16)15(24)28-14(11-23)17(18,19)20/h2-6,14,23,25H,7-12H2,1H3/t14-/m1/s1. The molecule has 0 aliphatic carbocycles. The maximum atomic E-state index is 12.6. The van der Waals surface area contributed by atoms with E-state index in [1.165, 1.54) is 19.2 Å². The summed E-state index contributed by atoms with van der Waals surface area (Å²) in [5.74, 6) is 0. The first-order valence-electron chi connectivity index (χ1n) is 8.76. The molecule has 1 heterocycles. The maximum Gasteiger partial charge on any atom is 0.427 e. The van der Waals surface area contributed by atoms with Crippen LogP contribution in [0.2, 0.25) is 0 Å². The van der Waals surface area contributed by atoms with E-state index >= 15 is 0 Å². The number of carbonyl (C=O) groups is 1. The highest BCUT2D eigenvalue weighted by Crippen LogP contribution is 2.27. The lowest BCUT2D eigenvalue weighted by Crippen LogP contribution is -2.53. The molecule has 1 fully saturated rings. The Bertz CT molecular complexity index is 795. The van der Waals surface area contributed by atoms with Crippen LogP contribution in [-0.4, -0.2) is 85.1 Å². The third-order valence-electron chi connectivity index (χ3n) is 4.69. The zero-order valence-corrected chi connectivity index (χ0v) is 16.5. The van der Waals surface area contributed by atoms with Crippen LogP contribution in [0.1, 0.15) is 12.8 Å². The van der Waals surface area contributed by atoms with Crippen molar-refractivity contribution in [1.29, 1.82) is 0 Å². The van der Waals surface area contributed by atoms with Crippen LogP contribution in [0, 0.1) is 0 Å². The second-order valence-corrected chi connectivity index (χ2v) is 8.93. The van der Waals surface area contributed by atoms with Crippen LogP contribution in [0.15, 0.2) is 35.2 Å². The van der Waals surface area contributed by atoms with Crippen molar-refractivity contribution in [1.82, 2.24) is 9.21 Å². The van der Waals surface area contributed by atoms with E-state index in [9.17, 15) is 31.5 Å². The molecule has 8 nitrogen and oxygen atoms in total. The number of piperidine rings is 1. The Morgan fingerprint density at radius 2 is 1.83 bits per heavy atom. The molecule has 12 heteroatoms. The Labute approximate surface area is 166 Å². The molecule has 2 rings (SSSR count). The van der Waals surface area contributed by atoms with Gasteiger partial charge in [0.05, 0.1) is 17.1 Å². The lowest BCUT2D eigenvalue weighted by atomic mass is 9.91. The number of likely N-dealkylation sites (N-methyl/N-ethyl adjacent to an activating group) is 1. The zero-order chi connectivity index (χ0) is 21.9. The number of hydrogen-bond acceptors (Lipinski definition) is 6. The molecule has 1 aromatic carbocycles.